The van der Waals surface area contributed by atoms with Gasteiger partial charge in [-0.25, -0.2) is 0 Å². The zero-order valence-corrected chi connectivity index (χ0v) is 13.3. The van der Waals surface area contributed by atoms with Crippen molar-refractivity contribution in [2.45, 2.75) is 17.9 Å². The fraction of sp³-hybridized carbons (Fsp3) is 0.188. The maximum Gasteiger partial charge on any atom is 0.175 e. The molecule has 0 amide bonds. The van der Waals surface area contributed by atoms with Crippen molar-refractivity contribution in [2.75, 3.05) is 0 Å². The lowest BCUT2D eigenvalue weighted by molar-refractivity contribution is 0.0994. The summed E-state index contributed by atoms with van der Waals surface area (Å²) in [4.78, 5) is 12.3. The third-order valence-electron chi connectivity index (χ3n) is 2.94. The molecular weight excluding hydrogens is 311 g/mol. The van der Waals surface area contributed by atoms with Crippen LogP contribution in [0.4, 0.5) is 0 Å². The second kappa shape index (κ2) is 7.16. The summed E-state index contributed by atoms with van der Waals surface area (Å²) in [5.41, 5.74) is 1.74. The van der Waals surface area contributed by atoms with Crippen LogP contribution >= 0.6 is 35.0 Å². The molecule has 2 rings (SSSR count). The van der Waals surface area contributed by atoms with Gasteiger partial charge in [-0.15, -0.1) is 11.8 Å². The number of thioether (sulfide) groups is 1. The zero-order chi connectivity index (χ0) is 14.5. The van der Waals surface area contributed by atoms with Crippen molar-refractivity contribution < 1.29 is 4.79 Å². The average molecular weight is 325 g/mol. The Hall–Kier alpha value is -0.960. The molecule has 0 aliphatic heterocycles. The van der Waals surface area contributed by atoms with Crippen LogP contribution in [-0.4, -0.2) is 11.0 Å². The number of hydrogen-bond donors (Lipinski definition) is 0. The Morgan fingerprint density at radius 1 is 1.10 bits per heavy atom. The number of carbonyl (C=O) groups is 1. The summed E-state index contributed by atoms with van der Waals surface area (Å²) in [6.07, 6.45) is 0. The van der Waals surface area contributed by atoms with Crippen LogP contribution in [0.15, 0.2) is 48.5 Å². The lowest BCUT2D eigenvalue weighted by Gasteiger charge is -2.11. The number of halogens is 2. The summed E-state index contributed by atoms with van der Waals surface area (Å²) in [6, 6.07) is 14.7. The molecule has 1 nitrogen and oxygen atoms in total. The monoisotopic (exact) mass is 324 g/mol. The van der Waals surface area contributed by atoms with Crippen molar-refractivity contribution in [2.24, 2.45) is 0 Å². The van der Waals surface area contributed by atoms with E-state index in [1.165, 1.54) is 0 Å². The van der Waals surface area contributed by atoms with Crippen molar-refractivity contribution in [3.05, 3.63) is 69.7 Å². The summed E-state index contributed by atoms with van der Waals surface area (Å²) < 4.78 is 0. The molecule has 104 valence electrons. The van der Waals surface area contributed by atoms with Crippen LogP contribution in [0.1, 0.15) is 22.8 Å². The van der Waals surface area contributed by atoms with E-state index in [0.29, 0.717) is 10.6 Å². The zero-order valence-electron chi connectivity index (χ0n) is 11.0. The number of hydrogen-bond acceptors (Lipinski definition) is 2. The van der Waals surface area contributed by atoms with Crippen LogP contribution in [0, 0.1) is 0 Å². The van der Waals surface area contributed by atoms with E-state index < -0.39 is 0 Å². The smallest absolute Gasteiger partial charge is 0.175 e. The van der Waals surface area contributed by atoms with E-state index in [-0.39, 0.29) is 11.0 Å². The Labute approximate surface area is 133 Å². The lowest BCUT2D eigenvalue weighted by Crippen LogP contribution is -2.13. The summed E-state index contributed by atoms with van der Waals surface area (Å²) >= 11 is 13.5. The molecule has 20 heavy (non-hydrogen) atoms. The second-order valence-electron chi connectivity index (χ2n) is 4.42. The van der Waals surface area contributed by atoms with Gasteiger partial charge < -0.3 is 0 Å². The van der Waals surface area contributed by atoms with E-state index in [0.717, 1.165) is 16.3 Å². The molecule has 0 spiro atoms. The minimum atomic E-state index is -0.118. The predicted molar refractivity (Wildman–Crippen MR) is 88.0 cm³/mol. The number of rotatable bonds is 5. The molecule has 4 heteroatoms. The summed E-state index contributed by atoms with van der Waals surface area (Å²) in [5, 5.41) is 1.26. The van der Waals surface area contributed by atoms with E-state index in [4.69, 9.17) is 23.2 Å². The number of Topliss-reactive ketones (excluding diaryl/α,β-unsaturated/α-hetero) is 1. The SMILES string of the molecule is CC(SCc1ccccc1Cl)C(=O)c1ccc(Cl)cc1. The molecule has 2 aromatic carbocycles. The van der Waals surface area contributed by atoms with Crippen molar-refractivity contribution in [1.29, 1.82) is 0 Å². The maximum atomic E-state index is 12.3. The maximum absolute atomic E-state index is 12.3. The Bertz CT molecular complexity index is 596. The molecule has 0 aliphatic rings. The quantitative estimate of drug-likeness (QED) is 0.675. The molecule has 0 radical (unpaired) electrons. The highest BCUT2D eigenvalue weighted by atomic mass is 35.5. The fourth-order valence-corrected chi connectivity index (χ4v) is 3.13. The third-order valence-corrected chi connectivity index (χ3v) is 4.76. The van der Waals surface area contributed by atoms with Gasteiger partial charge in [0, 0.05) is 21.4 Å². The molecule has 0 bridgehead atoms. The van der Waals surface area contributed by atoms with E-state index >= 15 is 0 Å². The van der Waals surface area contributed by atoms with E-state index in [9.17, 15) is 4.79 Å². The van der Waals surface area contributed by atoms with Gasteiger partial charge in [-0.05, 0) is 42.8 Å². The first-order chi connectivity index (χ1) is 9.58. The predicted octanol–water partition coefficient (Wildman–Crippen LogP) is 5.50. The van der Waals surface area contributed by atoms with Gasteiger partial charge in [0.2, 0.25) is 0 Å². The molecular formula is C16H14Cl2OS. The molecule has 1 unspecified atom stereocenters. The highest BCUT2D eigenvalue weighted by molar-refractivity contribution is 7.99. The molecule has 1 atom stereocenters. The third kappa shape index (κ3) is 4.02. The van der Waals surface area contributed by atoms with E-state index in [2.05, 4.69) is 0 Å². The summed E-state index contributed by atoms with van der Waals surface area (Å²) in [6.45, 7) is 1.92. The van der Waals surface area contributed by atoms with Crippen LogP contribution in [-0.2, 0) is 5.75 Å². The van der Waals surface area contributed by atoms with Gasteiger partial charge in [0.15, 0.2) is 5.78 Å². The minimum Gasteiger partial charge on any atom is -0.293 e. The molecule has 0 saturated heterocycles. The standard InChI is InChI=1S/C16H14Cl2OS/c1-11(16(19)12-6-8-14(17)9-7-12)20-10-13-4-2-3-5-15(13)18/h2-9,11H,10H2,1H3. The molecule has 0 N–H and O–H groups in total. The van der Waals surface area contributed by atoms with Crippen molar-refractivity contribution >= 4 is 40.7 Å². The topological polar surface area (TPSA) is 17.1 Å². The van der Waals surface area contributed by atoms with Gasteiger partial charge in [-0.1, -0.05) is 41.4 Å². The highest BCUT2D eigenvalue weighted by Crippen LogP contribution is 2.25. The van der Waals surface area contributed by atoms with Crippen molar-refractivity contribution in [3.63, 3.8) is 0 Å². The van der Waals surface area contributed by atoms with Gasteiger partial charge >= 0.3 is 0 Å². The van der Waals surface area contributed by atoms with E-state index in [1.54, 1.807) is 36.0 Å². The largest absolute Gasteiger partial charge is 0.293 e. The van der Waals surface area contributed by atoms with E-state index in [1.807, 2.05) is 31.2 Å². The second-order valence-corrected chi connectivity index (χ2v) is 6.59. The Balaban J connectivity index is 1.98. The van der Waals surface area contributed by atoms with Gasteiger partial charge in [0.1, 0.15) is 0 Å². The lowest BCUT2D eigenvalue weighted by atomic mass is 10.1. The Morgan fingerprint density at radius 3 is 2.40 bits per heavy atom. The molecule has 0 saturated carbocycles. The van der Waals surface area contributed by atoms with Gasteiger partial charge in [-0.2, -0.15) is 0 Å². The highest BCUT2D eigenvalue weighted by Gasteiger charge is 2.16. The number of benzene rings is 2. The molecule has 0 fully saturated rings. The first-order valence-corrected chi connectivity index (χ1v) is 8.03. The van der Waals surface area contributed by atoms with Crippen LogP contribution in [0.25, 0.3) is 0 Å². The van der Waals surface area contributed by atoms with Crippen molar-refractivity contribution in [1.82, 2.24) is 0 Å². The first-order valence-electron chi connectivity index (χ1n) is 6.22. The van der Waals surface area contributed by atoms with Crippen molar-refractivity contribution in [3.8, 4) is 0 Å². The summed E-state index contributed by atoms with van der Waals surface area (Å²) in [7, 11) is 0. The molecule has 0 heterocycles. The minimum absolute atomic E-state index is 0.110. The number of ketones is 1. The Kier molecular flexibility index (Phi) is 5.53. The average Bonchev–Trinajstić information content (AvgIpc) is 2.46. The molecule has 0 aromatic heterocycles. The van der Waals surface area contributed by atoms with Crippen LogP contribution in [0.3, 0.4) is 0 Å². The summed E-state index contributed by atoms with van der Waals surface area (Å²) in [5.74, 6) is 0.832. The number of carbonyl (C=O) groups excluding carboxylic acids is 1. The van der Waals surface area contributed by atoms with Gasteiger partial charge in [-0.3, -0.25) is 4.79 Å². The normalized spacial score (nSPS) is 12.2. The Morgan fingerprint density at radius 2 is 1.75 bits per heavy atom. The van der Waals surface area contributed by atoms with Crippen LogP contribution in [0.2, 0.25) is 10.0 Å². The first kappa shape index (κ1) is 15.4. The fourth-order valence-electron chi connectivity index (χ4n) is 1.75. The van der Waals surface area contributed by atoms with Crippen LogP contribution < -0.4 is 0 Å². The van der Waals surface area contributed by atoms with Crippen LogP contribution in [0.5, 0.6) is 0 Å². The van der Waals surface area contributed by atoms with Gasteiger partial charge in [0.05, 0.1) is 5.25 Å². The molecule has 2 aromatic rings. The van der Waals surface area contributed by atoms with Gasteiger partial charge in [0.25, 0.3) is 0 Å². The molecule has 0 aliphatic carbocycles.